The fourth-order valence-electron chi connectivity index (χ4n) is 1.22. The number of carbonyl (C=O) groups is 1. The molecule has 0 aromatic heterocycles. The molecule has 1 amide bonds. The van der Waals surface area contributed by atoms with Gasteiger partial charge in [-0.25, -0.2) is 0 Å². The molecule has 5 heteroatoms. The molecule has 0 saturated carbocycles. The SMILES string of the molecule is CNC(=O)c1ccc(C)c(S(=O)CN)c1. The molecule has 15 heavy (non-hydrogen) atoms. The standard InChI is InChI=1S/C10H14N2O2S/c1-7-3-4-8(10(13)12-2)5-9(7)15(14)6-11/h3-5H,6,11H2,1-2H3,(H,12,13). The number of rotatable bonds is 3. The zero-order chi connectivity index (χ0) is 11.4. The summed E-state index contributed by atoms with van der Waals surface area (Å²) >= 11 is 0. The third-order valence-electron chi connectivity index (χ3n) is 2.07. The maximum absolute atomic E-state index is 11.6. The lowest BCUT2D eigenvalue weighted by atomic mass is 10.1. The first-order chi connectivity index (χ1) is 7.10. The van der Waals surface area contributed by atoms with Gasteiger partial charge in [-0.15, -0.1) is 0 Å². The molecule has 0 bridgehead atoms. The number of hydrogen-bond acceptors (Lipinski definition) is 3. The largest absolute Gasteiger partial charge is 0.355 e. The number of nitrogens with one attached hydrogen (secondary N) is 1. The number of carbonyl (C=O) groups excluding carboxylic acids is 1. The Bertz CT molecular complexity index is 404. The third kappa shape index (κ3) is 2.64. The fraction of sp³-hybridized carbons (Fsp3) is 0.300. The predicted molar refractivity (Wildman–Crippen MR) is 60.0 cm³/mol. The Labute approximate surface area is 91.3 Å². The van der Waals surface area contributed by atoms with Crippen LogP contribution < -0.4 is 11.1 Å². The van der Waals surface area contributed by atoms with E-state index in [-0.39, 0.29) is 11.8 Å². The Kier molecular flexibility index (Phi) is 3.99. The second-order valence-corrected chi connectivity index (χ2v) is 4.54. The molecule has 1 aromatic rings. The van der Waals surface area contributed by atoms with Crippen LogP contribution in [0.2, 0.25) is 0 Å². The van der Waals surface area contributed by atoms with Crippen molar-refractivity contribution in [1.29, 1.82) is 0 Å². The van der Waals surface area contributed by atoms with Crippen LogP contribution in [0.3, 0.4) is 0 Å². The number of benzene rings is 1. The summed E-state index contributed by atoms with van der Waals surface area (Å²) in [5.41, 5.74) is 6.71. The lowest BCUT2D eigenvalue weighted by Crippen LogP contribution is -2.18. The van der Waals surface area contributed by atoms with E-state index in [1.807, 2.05) is 6.92 Å². The van der Waals surface area contributed by atoms with Crippen LogP contribution in [-0.4, -0.2) is 23.0 Å². The summed E-state index contributed by atoms with van der Waals surface area (Å²) in [7, 11) is 0.324. The number of nitrogens with two attached hydrogens (primary N) is 1. The van der Waals surface area contributed by atoms with Gasteiger partial charge in [0.2, 0.25) is 0 Å². The van der Waals surface area contributed by atoms with Crippen molar-refractivity contribution >= 4 is 16.7 Å². The predicted octanol–water partition coefficient (Wildman–Crippen LogP) is 0.378. The molecule has 0 fully saturated rings. The quantitative estimate of drug-likeness (QED) is 0.782. The van der Waals surface area contributed by atoms with Crippen molar-refractivity contribution in [2.45, 2.75) is 11.8 Å². The van der Waals surface area contributed by atoms with Gasteiger partial charge >= 0.3 is 0 Å². The first kappa shape index (κ1) is 11.9. The molecule has 3 N–H and O–H groups in total. The first-order valence-corrected chi connectivity index (χ1v) is 5.83. The summed E-state index contributed by atoms with van der Waals surface area (Å²) < 4.78 is 11.6. The maximum atomic E-state index is 11.6. The molecule has 0 saturated heterocycles. The van der Waals surface area contributed by atoms with Crippen LogP contribution in [0.4, 0.5) is 0 Å². The molecule has 0 radical (unpaired) electrons. The summed E-state index contributed by atoms with van der Waals surface area (Å²) in [5, 5.41) is 2.52. The Morgan fingerprint density at radius 2 is 2.20 bits per heavy atom. The highest BCUT2D eigenvalue weighted by molar-refractivity contribution is 7.85. The van der Waals surface area contributed by atoms with Crippen LogP contribution in [-0.2, 0) is 10.8 Å². The molecule has 1 unspecified atom stereocenters. The summed E-state index contributed by atoms with van der Waals surface area (Å²) in [6.45, 7) is 1.84. The van der Waals surface area contributed by atoms with E-state index in [1.54, 1.807) is 25.2 Å². The van der Waals surface area contributed by atoms with Gasteiger partial charge < -0.3 is 11.1 Å². The molecule has 0 heterocycles. The number of aryl methyl sites for hydroxylation is 1. The summed E-state index contributed by atoms with van der Waals surface area (Å²) in [5.74, 6) is -0.122. The Balaban J connectivity index is 3.16. The average Bonchev–Trinajstić information content (AvgIpc) is 2.27. The third-order valence-corrected chi connectivity index (χ3v) is 3.31. The van der Waals surface area contributed by atoms with Crippen molar-refractivity contribution in [3.63, 3.8) is 0 Å². The Morgan fingerprint density at radius 1 is 1.53 bits per heavy atom. The van der Waals surface area contributed by atoms with E-state index in [2.05, 4.69) is 5.32 Å². The highest BCUT2D eigenvalue weighted by Gasteiger charge is 2.09. The second-order valence-electron chi connectivity index (χ2n) is 3.07. The molecule has 0 spiro atoms. The van der Waals surface area contributed by atoms with Crippen molar-refractivity contribution in [3.8, 4) is 0 Å². The minimum Gasteiger partial charge on any atom is -0.355 e. The van der Waals surface area contributed by atoms with E-state index in [0.717, 1.165) is 5.56 Å². The first-order valence-electron chi connectivity index (χ1n) is 4.51. The van der Waals surface area contributed by atoms with E-state index < -0.39 is 10.8 Å². The minimum atomic E-state index is -1.23. The molecule has 0 aliphatic heterocycles. The lowest BCUT2D eigenvalue weighted by molar-refractivity contribution is 0.0963. The smallest absolute Gasteiger partial charge is 0.251 e. The molecule has 0 aliphatic carbocycles. The molecule has 82 valence electrons. The molecular weight excluding hydrogens is 212 g/mol. The van der Waals surface area contributed by atoms with Gasteiger partial charge in [-0.2, -0.15) is 0 Å². The Hall–Kier alpha value is -1.20. The van der Waals surface area contributed by atoms with Crippen molar-refractivity contribution in [1.82, 2.24) is 5.32 Å². The highest BCUT2D eigenvalue weighted by Crippen LogP contribution is 2.15. The van der Waals surface area contributed by atoms with Gasteiger partial charge in [0.05, 0.1) is 16.7 Å². The zero-order valence-electron chi connectivity index (χ0n) is 8.74. The molecule has 4 nitrogen and oxygen atoms in total. The minimum absolute atomic E-state index is 0.0675. The van der Waals surface area contributed by atoms with Gasteiger partial charge in [0, 0.05) is 17.5 Å². The van der Waals surface area contributed by atoms with Crippen molar-refractivity contribution in [2.75, 3.05) is 12.9 Å². The van der Waals surface area contributed by atoms with E-state index in [1.165, 1.54) is 0 Å². The fourth-order valence-corrected chi connectivity index (χ4v) is 2.09. The summed E-state index contributed by atoms with van der Waals surface area (Å²) in [6.07, 6.45) is 0. The Morgan fingerprint density at radius 3 is 2.73 bits per heavy atom. The summed E-state index contributed by atoms with van der Waals surface area (Å²) in [4.78, 5) is 12.0. The number of amides is 1. The lowest BCUT2D eigenvalue weighted by Gasteiger charge is -2.06. The van der Waals surface area contributed by atoms with E-state index in [4.69, 9.17) is 5.73 Å². The van der Waals surface area contributed by atoms with E-state index in [0.29, 0.717) is 10.5 Å². The van der Waals surface area contributed by atoms with Gasteiger partial charge in [0.1, 0.15) is 0 Å². The van der Waals surface area contributed by atoms with E-state index >= 15 is 0 Å². The van der Waals surface area contributed by atoms with Crippen molar-refractivity contribution < 1.29 is 9.00 Å². The van der Waals surface area contributed by atoms with Gasteiger partial charge in [0.25, 0.3) is 5.91 Å². The van der Waals surface area contributed by atoms with Crippen LogP contribution >= 0.6 is 0 Å². The molecule has 1 atom stereocenters. The van der Waals surface area contributed by atoms with Crippen LogP contribution in [0.15, 0.2) is 23.1 Å². The normalized spacial score (nSPS) is 12.2. The molecule has 1 aromatic carbocycles. The van der Waals surface area contributed by atoms with Crippen LogP contribution in [0, 0.1) is 6.92 Å². The highest BCUT2D eigenvalue weighted by atomic mass is 32.2. The van der Waals surface area contributed by atoms with Crippen LogP contribution in [0.25, 0.3) is 0 Å². The van der Waals surface area contributed by atoms with E-state index in [9.17, 15) is 9.00 Å². The number of hydrogen-bond donors (Lipinski definition) is 2. The molecule has 1 rings (SSSR count). The zero-order valence-corrected chi connectivity index (χ0v) is 9.56. The van der Waals surface area contributed by atoms with Crippen molar-refractivity contribution in [2.24, 2.45) is 5.73 Å². The van der Waals surface area contributed by atoms with Crippen molar-refractivity contribution in [3.05, 3.63) is 29.3 Å². The summed E-state index contributed by atoms with van der Waals surface area (Å²) in [6, 6.07) is 5.09. The van der Waals surface area contributed by atoms with Gasteiger partial charge in [-0.1, -0.05) is 6.07 Å². The topological polar surface area (TPSA) is 72.2 Å². The molecule has 0 aliphatic rings. The van der Waals surface area contributed by atoms with Gasteiger partial charge in [0.15, 0.2) is 0 Å². The second kappa shape index (κ2) is 5.04. The van der Waals surface area contributed by atoms with Crippen LogP contribution in [0.5, 0.6) is 0 Å². The molecular formula is C10H14N2O2S. The van der Waals surface area contributed by atoms with Gasteiger partial charge in [-0.3, -0.25) is 9.00 Å². The monoisotopic (exact) mass is 226 g/mol. The average molecular weight is 226 g/mol. The van der Waals surface area contributed by atoms with Crippen LogP contribution in [0.1, 0.15) is 15.9 Å². The van der Waals surface area contributed by atoms with Gasteiger partial charge in [-0.05, 0) is 24.6 Å². The maximum Gasteiger partial charge on any atom is 0.251 e.